The number of nitrogens with zero attached hydrogens (tertiary/aromatic N) is 1. The molecule has 0 saturated carbocycles. The van der Waals surface area contributed by atoms with Crippen molar-refractivity contribution in [3.8, 4) is 11.5 Å². The molecule has 0 amide bonds. The monoisotopic (exact) mass is 447 g/mol. The summed E-state index contributed by atoms with van der Waals surface area (Å²) < 4.78 is 52.4. The van der Waals surface area contributed by atoms with Gasteiger partial charge in [-0.1, -0.05) is 23.7 Å². The molecular weight excluding hydrogens is 435 g/mol. The Morgan fingerprint density at radius 3 is 2.47 bits per heavy atom. The van der Waals surface area contributed by atoms with Crippen molar-refractivity contribution in [1.82, 2.24) is 0 Å². The second-order valence-corrected chi connectivity index (χ2v) is 6.08. The van der Waals surface area contributed by atoms with Crippen LogP contribution in [0.3, 0.4) is 0 Å². The summed E-state index contributed by atoms with van der Waals surface area (Å²) in [4.78, 5) is 33.2. The van der Waals surface area contributed by atoms with Gasteiger partial charge in [-0.05, 0) is 30.3 Å². The fraction of sp³-hybridized carbons (Fsp3) is 0.222. The number of ketones is 1. The van der Waals surface area contributed by atoms with Gasteiger partial charge in [0, 0.05) is 5.56 Å². The maximum atomic E-state index is 12.7. The molecule has 160 valence electrons. The first-order chi connectivity index (χ1) is 14.0. The van der Waals surface area contributed by atoms with Gasteiger partial charge in [0.05, 0.1) is 22.6 Å². The van der Waals surface area contributed by atoms with Gasteiger partial charge in [-0.25, -0.2) is 4.79 Å². The molecule has 0 N–H and O–H groups in total. The van der Waals surface area contributed by atoms with Gasteiger partial charge in [0.1, 0.15) is 18.1 Å². The lowest BCUT2D eigenvalue weighted by Gasteiger charge is -2.12. The highest BCUT2D eigenvalue weighted by Gasteiger charge is 2.33. The van der Waals surface area contributed by atoms with Crippen molar-refractivity contribution in [2.24, 2.45) is 0 Å². The maximum Gasteiger partial charge on any atom is 0.416 e. The predicted molar refractivity (Wildman–Crippen MR) is 96.1 cm³/mol. The number of rotatable bonds is 8. The third-order valence-electron chi connectivity index (χ3n) is 3.61. The number of nitro groups is 1. The molecule has 0 aliphatic heterocycles. The molecular formula is C18H13ClF3NO7. The third-order valence-corrected chi connectivity index (χ3v) is 3.90. The van der Waals surface area contributed by atoms with Gasteiger partial charge in [0.25, 0.3) is 0 Å². The molecule has 0 saturated heterocycles. The Bertz CT molecular complexity index is 965. The Balaban J connectivity index is 2.12. The number of methoxy groups -OCH3 is 1. The van der Waals surface area contributed by atoms with E-state index in [4.69, 9.17) is 21.1 Å². The van der Waals surface area contributed by atoms with E-state index in [0.717, 1.165) is 19.2 Å². The summed E-state index contributed by atoms with van der Waals surface area (Å²) in [5.41, 5.74) is -0.936. The second-order valence-electron chi connectivity index (χ2n) is 5.67. The smallest absolute Gasteiger partial charge is 0.416 e. The quantitative estimate of drug-likeness (QED) is 0.197. The Kier molecular flexibility index (Phi) is 7.35. The van der Waals surface area contributed by atoms with Crippen molar-refractivity contribution in [2.75, 3.05) is 13.7 Å². The van der Waals surface area contributed by atoms with Gasteiger partial charge in [-0.2, -0.15) is 13.2 Å². The molecule has 0 radical (unpaired) electrons. The normalized spacial score (nSPS) is 12.2. The van der Waals surface area contributed by atoms with E-state index in [9.17, 15) is 32.9 Å². The highest BCUT2D eigenvalue weighted by atomic mass is 35.5. The van der Waals surface area contributed by atoms with Crippen molar-refractivity contribution in [1.29, 1.82) is 0 Å². The van der Waals surface area contributed by atoms with Crippen LogP contribution in [0, 0.1) is 10.1 Å². The van der Waals surface area contributed by atoms with Crippen molar-refractivity contribution < 1.29 is 41.9 Å². The lowest BCUT2D eigenvalue weighted by atomic mass is 10.1. The molecule has 8 nitrogen and oxygen atoms in total. The van der Waals surface area contributed by atoms with E-state index >= 15 is 0 Å². The van der Waals surface area contributed by atoms with Crippen LogP contribution in [0.25, 0.3) is 0 Å². The topological polar surface area (TPSA) is 105 Å². The van der Waals surface area contributed by atoms with Crippen LogP contribution in [-0.2, 0) is 20.4 Å². The number of halogens is 4. The van der Waals surface area contributed by atoms with Crippen LogP contribution in [-0.4, -0.2) is 36.6 Å². The van der Waals surface area contributed by atoms with E-state index in [0.29, 0.717) is 6.07 Å². The lowest BCUT2D eigenvalue weighted by molar-refractivity contribution is -0.559. The van der Waals surface area contributed by atoms with Gasteiger partial charge in [-0.3, -0.25) is 19.6 Å². The number of hydrogen-bond acceptors (Lipinski definition) is 7. The van der Waals surface area contributed by atoms with Crippen LogP contribution >= 0.6 is 11.6 Å². The molecule has 2 aromatic carbocycles. The molecule has 0 fully saturated rings. The van der Waals surface area contributed by atoms with E-state index in [1.165, 1.54) is 24.3 Å². The number of hydrogen-bond donors (Lipinski definition) is 0. The molecule has 2 rings (SSSR count). The zero-order chi connectivity index (χ0) is 22.5. The summed E-state index contributed by atoms with van der Waals surface area (Å²) in [6, 6.07) is 7.93. The van der Waals surface area contributed by atoms with Crippen LogP contribution in [0.15, 0.2) is 42.5 Å². The van der Waals surface area contributed by atoms with Crippen LogP contribution in [0.1, 0.15) is 15.9 Å². The number of carbonyl (C=O) groups is 2. The number of benzene rings is 2. The summed E-state index contributed by atoms with van der Waals surface area (Å²) in [5, 5.41) is 10.5. The van der Waals surface area contributed by atoms with E-state index in [1.807, 2.05) is 0 Å². The largest absolute Gasteiger partial charge is 0.462 e. The van der Waals surface area contributed by atoms with Crippen molar-refractivity contribution in [3.63, 3.8) is 0 Å². The Labute approximate surface area is 172 Å². The van der Waals surface area contributed by atoms with Crippen LogP contribution in [0.2, 0.25) is 5.02 Å². The number of Topliss-reactive ketones (excluding diaryl/α,β-unsaturated/α-hetero) is 1. The molecule has 0 aromatic heterocycles. The molecule has 0 bridgehead atoms. The molecule has 1 atom stereocenters. The van der Waals surface area contributed by atoms with Crippen LogP contribution in [0.5, 0.6) is 11.5 Å². The minimum atomic E-state index is -4.57. The Hall–Kier alpha value is -3.18. The van der Waals surface area contributed by atoms with Crippen molar-refractivity contribution >= 4 is 23.4 Å². The van der Waals surface area contributed by atoms with Crippen molar-refractivity contribution in [2.45, 2.75) is 12.4 Å². The molecule has 30 heavy (non-hydrogen) atoms. The van der Waals surface area contributed by atoms with E-state index in [2.05, 4.69) is 4.74 Å². The average molecular weight is 448 g/mol. The number of ether oxygens (including phenoxy) is 3. The Morgan fingerprint density at radius 2 is 1.90 bits per heavy atom. The first-order valence-electron chi connectivity index (χ1n) is 8.03. The molecule has 0 spiro atoms. The standard InChI is InChI=1S/C18H13ClF3NO7/c1-28-17(25)16(23(26)27)29-9-14(24)10-3-2-4-12(7-10)30-15-6-5-11(8-13(15)19)18(20,21)22/h2-8,16H,9H2,1H3. The summed E-state index contributed by atoms with van der Waals surface area (Å²) in [6.07, 6.45) is -6.73. The van der Waals surface area contributed by atoms with Gasteiger partial charge in [0.15, 0.2) is 5.78 Å². The summed E-state index contributed by atoms with van der Waals surface area (Å²) in [6.45, 7) is -0.800. The number of esters is 1. The molecule has 1 unspecified atom stereocenters. The maximum absolute atomic E-state index is 12.7. The predicted octanol–water partition coefficient (Wildman–Crippen LogP) is 4.13. The van der Waals surface area contributed by atoms with Gasteiger partial charge < -0.3 is 9.47 Å². The minimum absolute atomic E-state index is 0.0162. The number of alkyl halides is 3. The fourth-order valence-electron chi connectivity index (χ4n) is 2.17. The average Bonchev–Trinajstić information content (AvgIpc) is 2.68. The summed E-state index contributed by atoms with van der Waals surface area (Å²) in [7, 11) is 0.928. The highest BCUT2D eigenvalue weighted by Crippen LogP contribution is 2.36. The van der Waals surface area contributed by atoms with Gasteiger partial charge >= 0.3 is 18.4 Å². The summed E-state index contributed by atoms with van der Waals surface area (Å²) in [5.74, 6) is -2.00. The van der Waals surface area contributed by atoms with Gasteiger partial charge in [-0.15, -0.1) is 0 Å². The van der Waals surface area contributed by atoms with Crippen LogP contribution < -0.4 is 4.74 Å². The Morgan fingerprint density at radius 1 is 1.20 bits per heavy atom. The van der Waals surface area contributed by atoms with E-state index in [1.54, 1.807) is 0 Å². The second kappa shape index (κ2) is 9.55. The lowest BCUT2D eigenvalue weighted by Crippen LogP contribution is -2.35. The van der Waals surface area contributed by atoms with Crippen LogP contribution in [0.4, 0.5) is 13.2 Å². The molecule has 12 heteroatoms. The molecule has 0 aliphatic rings. The van der Waals surface area contributed by atoms with Crippen molar-refractivity contribution in [3.05, 3.63) is 68.7 Å². The molecule has 0 aliphatic carbocycles. The third kappa shape index (κ3) is 5.91. The molecule has 2 aromatic rings. The van der Waals surface area contributed by atoms with Gasteiger partial charge in [0.2, 0.25) is 0 Å². The first kappa shape index (κ1) is 23.1. The summed E-state index contributed by atoms with van der Waals surface area (Å²) >= 11 is 5.83. The van der Waals surface area contributed by atoms with E-state index in [-0.39, 0.29) is 22.1 Å². The van der Waals surface area contributed by atoms with E-state index < -0.39 is 41.3 Å². The molecule has 0 heterocycles. The first-order valence-corrected chi connectivity index (χ1v) is 8.41. The fourth-order valence-corrected chi connectivity index (χ4v) is 2.39. The SMILES string of the molecule is COC(=O)C(OCC(=O)c1cccc(Oc2ccc(C(F)(F)F)cc2Cl)c1)[N+](=O)[O-]. The number of carbonyl (C=O) groups excluding carboxylic acids is 2. The zero-order valence-corrected chi connectivity index (χ0v) is 15.9. The highest BCUT2D eigenvalue weighted by molar-refractivity contribution is 6.32. The zero-order valence-electron chi connectivity index (χ0n) is 15.1. The minimum Gasteiger partial charge on any atom is -0.462 e.